The van der Waals surface area contributed by atoms with Gasteiger partial charge in [-0.25, -0.2) is 0 Å². The standard InChI is InChI=1S/C21H27N3O2.ClH/c1-2-3-15-26-20-6-4-5-19(16-20)21(25)24-13-11-23(12-14-24)17-18-7-9-22-10-8-18;/h4-10,16H,2-3,11-15,17H2,1H3;1H. The molecule has 3 rings (SSSR count). The first kappa shape index (κ1) is 21.2. The summed E-state index contributed by atoms with van der Waals surface area (Å²) in [6.45, 7) is 7.03. The Morgan fingerprint density at radius 1 is 1.11 bits per heavy atom. The molecule has 1 saturated heterocycles. The zero-order chi connectivity index (χ0) is 18.2. The number of amides is 1. The molecule has 1 aliphatic rings. The second kappa shape index (κ2) is 10.9. The molecule has 6 heteroatoms. The minimum absolute atomic E-state index is 0. The van der Waals surface area contributed by atoms with E-state index in [0.717, 1.165) is 51.3 Å². The average Bonchev–Trinajstić information content (AvgIpc) is 2.69. The first-order valence-corrected chi connectivity index (χ1v) is 9.39. The van der Waals surface area contributed by atoms with E-state index in [1.165, 1.54) is 5.56 Å². The lowest BCUT2D eigenvalue weighted by molar-refractivity contribution is 0.0628. The highest BCUT2D eigenvalue weighted by atomic mass is 35.5. The molecule has 0 N–H and O–H groups in total. The zero-order valence-corrected chi connectivity index (χ0v) is 16.7. The van der Waals surface area contributed by atoms with Gasteiger partial charge in [0.05, 0.1) is 6.61 Å². The molecule has 0 aliphatic carbocycles. The quantitative estimate of drug-likeness (QED) is 0.678. The number of hydrogen-bond acceptors (Lipinski definition) is 4. The van der Waals surface area contributed by atoms with Crippen LogP contribution in [0, 0.1) is 0 Å². The topological polar surface area (TPSA) is 45.7 Å². The highest BCUT2D eigenvalue weighted by Crippen LogP contribution is 2.17. The van der Waals surface area contributed by atoms with Crippen LogP contribution < -0.4 is 4.74 Å². The van der Waals surface area contributed by atoms with Gasteiger partial charge in [-0.15, -0.1) is 12.4 Å². The molecule has 1 aliphatic heterocycles. The van der Waals surface area contributed by atoms with Crippen LogP contribution in [0.25, 0.3) is 0 Å². The maximum Gasteiger partial charge on any atom is 0.254 e. The second-order valence-corrected chi connectivity index (χ2v) is 6.65. The van der Waals surface area contributed by atoms with Gasteiger partial charge in [0.15, 0.2) is 0 Å². The van der Waals surface area contributed by atoms with Crippen molar-refractivity contribution in [3.63, 3.8) is 0 Å². The van der Waals surface area contributed by atoms with E-state index in [1.54, 1.807) is 0 Å². The third-order valence-electron chi connectivity index (χ3n) is 4.66. The summed E-state index contributed by atoms with van der Waals surface area (Å²) in [7, 11) is 0. The number of carbonyl (C=O) groups excluding carboxylic acids is 1. The lowest BCUT2D eigenvalue weighted by Gasteiger charge is -2.34. The van der Waals surface area contributed by atoms with Gasteiger partial charge in [-0.2, -0.15) is 0 Å². The Morgan fingerprint density at radius 2 is 1.85 bits per heavy atom. The van der Waals surface area contributed by atoms with Crippen molar-refractivity contribution in [2.45, 2.75) is 26.3 Å². The number of aromatic nitrogens is 1. The smallest absolute Gasteiger partial charge is 0.254 e. The number of nitrogens with zero attached hydrogens (tertiary/aromatic N) is 3. The third kappa shape index (κ3) is 6.22. The van der Waals surface area contributed by atoms with E-state index in [9.17, 15) is 4.79 Å². The summed E-state index contributed by atoms with van der Waals surface area (Å²) < 4.78 is 5.72. The van der Waals surface area contributed by atoms with E-state index in [4.69, 9.17) is 4.74 Å². The Hall–Kier alpha value is -2.11. The van der Waals surface area contributed by atoms with Crippen molar-refractivity contribution in [2.24, 2.45) is 0 Å². The second-order valence-electron chi connectivity index (χ2n) is 6.65. The van der Waals surface area contributed by atoms with Crippen molar-refractivity contribution in [1.29, 1.82) is 0 Å². The number of hydrogen-bond donors (Lipinski definition) is 0. The van der Waals surface area contributed by atoms with E-state index in [2.05, 4.69) is 16.8 Å². The number of piperazine rings is 1. The molecule has 2 heterocycles. The van der Waals surface area contributed by atoms with Crippen molar-refractivity contribution in [3.8, 4) is 5.75 Å². The summed E-state index contributed by atoms with van der Waals surface area (Å²) in [5.41, 5.74) is 1.97. The van der Waals surface area contributed by atoms with Gasteiger partial charge in [0.1, 0.15) is 5.75 Å². The number of benzene rings is 1. The Kier molecular flexibility index (Phi) is 8.55. The van der Waals surface area contributed by atoms with Crippen molar-refractivity contribution >= 4 is 18.3 Å². The van der Waals surface area contributed by atoms with Gasteiger partial charge in [0.2, 0.25) is 0 Å². The van der Waals surface area contributed by atoms with Gasteiger partial charge in [-0.1, -0.05) is 19.4 Å². The van der Waals surface area contributed by atoms with Crippen LogP contribution in [0.15, 0.2) is 48.8 Å². The number of carbonyl (C=O) groups is 1. The maximum atomic E-state index is 12.8. The van der Waals surface area contributed by atoms with Crippen LogP contribution in [-0.2, 0) is 6.54 Å². The Labute approximate surface area is 167 Å². The molecule has 0 radical (unpaired) electrons. The SMILES string of the molecule is CCCCOc1cccc(C(=O)N2CCN(Cc3ccncc3)CC2)c1.Cl. The minimum Gasteiger partial charge on any atom is -0.494 e. The molecule has 0 atom stereocenters. The van der Waals surface area contributed by atoms with E-state index in [0.29, 0.717) is 12.2 Å². The molecule has 1 aromatic carbocycles. The van der Waals surface area contributed by atoms with Crippen LogP contribution >= 0.6 is 12.4 Å². The monoisotopic (exact) mass is 389 g/mol. The molecule has 0 unspecified atom stereocenters. The lowest BCUT2D eigenvalue weighted by Crippen LogP contribution is -2.48. The molecule has 2 aromatic rings. The Balaban J connectivity index is 0.00000261. The van der Waals surface area contributed by atoms with Gasteiger partial charge in [0.25, 0.3) is 5.91 Å². The summed E-state index contributed by atoms with van der Waals surface area (Å²) in [4.78, 5) is 21.2. The number of unbranched alkanes of at least 4 members (excludes halogenated alkanes) is 1. The van der Waals surface area contributed by atoms with Crippen LogP contribution in [0.3, 0.4) is 0 Å². The molecule has 0 saturated carbocycles. The van der Waals surface area contributed by atoms with E-state index in [-0.39, 0.29) is 18.3 Å². The number of rotatable bonds is 7. The van der Waals surface area contributed by atoms with E-state index >= 15 is 0 Å². The van der Waals surface area contributed by atoms with Crippen molar-refractivity contribution in [1.82, 2.24) is 14.8 Å². The summed E-state index contributed by atoms with van der Waals surface area (Å²) in [6, 6.07) is 11.6. The highest BCUT2D eigenvalue weighted by molar-refractivity contribution is 5.94. The van der Waals surface area contributed by atoms with Crippen molar-refractivity contribution in [2.75, 3.05) is 32.8 Å². The van der Waals surface area contributed by atoms with Crippen LogP contribution in [0.2, 0.25) is 0 Å². The lowest BCUT2D eigenvalue weighted by atomic mass is 10.1. The van der Waals surface area contributed by atoms with Crippen LogP contribution in [-0.4, -0.2) is 53.5 Å². The van der Waals surface area contributed by atoms with Crippen molar-refractivity contribution in [3.05, 3.63) is 59.9 Å². The van der Waals surface area contributed by atoms with E-state index < -0.39 is 0 Å². The van der Waals surface area contributed by atoms with Crippen LogP contribution in [0.5, 0.6) is 5.75 Å². The number of halogens is 1. The maximum absolute atomic E-state index is 12.8. The van der Waals surface area contributed by atoms with Crippen LogP contribution in [0.4, 0.5) is 0 Å². The fourth-order valence-electron chi connectivity index (χ4n) is 3.09. The predicted molar refractivity (Wildman–Crippen MR) is 110 cm³/mol. The van der Waals surface area contributed by atoms with Gasteiger partial charge in [-0.05, 0) is 42.3 Å². The summed E-state index contributed by atoms with van der Waals surface area (Å²) in [5.74, 6) is 0.870. The summed E-state index contributed by atoms with van der Waals surface area (Å²) >= 11 is 0. The van der Waals surface area contributed by atoms with Gasteiger partial charge < -0.3 is 9.64 Å². The summed E-state index contributed by atoms with van der Waals surface area (Å²) in [5, 5.41) is 0. The fraction of sp³-hybridized carbons (Fsp3) is 0.429. The molecule has 1 fully saturated rings. The number of ether oxygens (including phenoxy) is 1. The molecule has 1 aromatic heterocycles. The fourth-order valence-corrected chi connectivity index (χ4v) is 3.09. The van der Waals surface area contributed by atoms with E-state index in [1.807, 2.05) is 53.7 Å². The molecule has 27 heavy (non-hydrogen) atoms. The highest BCUT2D eigenvalue weighted by Gasteiger charge is 2.22. The molecule has 0 bridgehead atoms. The largest absolute Gasteiger partial charge is 0.494 e. The normalized spacial score (nSPS) is 14.5. The van der Waals surface area contributed by atoms with Crippen LogP contribution in [0.1, 0.15) is 35.7 Å². The molecule has 1 amide bonds. The molecule has 5 nitrogen and oxygen atoms in total. The predicted octanol–water partition coefficient (Wildman–Crippen LogP) is 3.64. The average molecular weight is 390 g/mol. The first-order chi connectivity index (χ1) is 12.8. The van der Waals surface area contributed by atoms with Gasteiger partial charge in [0, 0.05) is 50.7 Å². The molecule has 0 spiro atoms. The molecule has 146 valence electrons. The van der Waals surface area contributed by atoms with Gasteiger partial charge >= 0.3 is 0 Å². The summed E-state index contributed by atoms with van der Waals surface area (Å²) in [6.07, 6.45) is 5.77. The van der Waals surface area contributed by atoms with Gasteiger partial charge in [-0.3, -0.25) is 14.7 Å². The molecular weight excluding hydrogens is 362 g/mol. The molecular formula is C21H28ClN3O2. The third-order valence-corrected chi connectivity index (χ3v) is 4.66. The zero-order valence-electron chi connectivity index (χ0n) is 15.8. The first-order valence-electron chi connectivity index (χ1n) is 9.39. The number of pyridine rings is 1. The Morgan fingerprint density at radius 3 is 2.56 bits per heavy atom. The minimum atomic E-state index is 0. The van der Waals surface area contributed by atoms with Crippen molar-refractivity contribution < 1.29 is 9.53 Å². The Bertz CT molecular complexity index is 704.